The molecular weight excluding hydrogens is 320 g/mol. The fourth-order valence-electron chi connectivity index (χ4n) is 1.85. The van der Waals surface area contributed by atoms with Gasteiger partial charge in [-0.1, -0.05) is 0 Å². The summed E-state index contributed by atoms with van der Waals surface area (Å²) >= 11 is 3.54. The number of methoxy groups -OCH3 is 1. The third-order valence-electron chi connectivity index (χ3n) is 2.80. The summed E-state index contributed by atoms with van der Waals surface area (Å²) in [4.78, 5) is 3.99. The molecule has 5 heteroatoms. The summed E-state index contributed by atoms with van der Waals surface area (Å²) in [6.07, 6.45) is 3.50. The molecule has 0 atom stereocenters. The minimum Gasteiger partial charge on any atom is -0.493 e. The lowest BCUT2D eigenvalue weighted by molar-refractivity contribution is 0.282. The molecule has 0 bridgehead atoms. The SMILES string of the molecule is CNCc1cc(Br)c(OCc2ccncc2)c(OC)c1. The van der Waals surface area contributed by atoms with Crippen LogP contribution in [0, 0.1) is 0 Å². The van der Waals surface area contributed by atoms with Gasteiger partial charge in [0.25, 0.3) is 0 Å². The molecule has 0 aliphatic rings. The highest BCUT2D eigenvalue weighted by Crippen LogP contribution is 2.37. The maximum atomic E-state index is 5.86. The first-order valence-electron chi connectivity index (χ1n) is 6.27. The van der Waals surface area contributed by atoms with Gasteiger partial charge in [-0.05, 0) is 58.4 Å². The number of nitrogens with one attached hydrogen (secondary N) is 1. The molecule has 0 radical (unpaired) electrons. The van der Waals surface area contributed by atoms with Crippen LogP contribution in [-0.2, 0) is 13.2 Å². The Hall–Kier alpha value is -1.59. The smallest absolute Gasteiger partial charge is 0.175 e. The minimum absolute atomic E-state index is 0.475. The number of aromatic nitrogens is 1. The topological polar surface area (TPSA) is 43.4 Å². The molecule has 0 aliphatic heterocycles. The molecule has 1 aromatic carbocycles. The van der Waals surface area contributed by atoms with Gasteiger partial charge in [-0.25, -0.2) is 0 Å². The first-order chi connectivity index (χ1) is 9.74. The highest BCUT2D eigenvalue weighted by molar-refractivity contribution is 9.10. The zero-order chi connectivity index (χ0) is 14.4. The summed E-state index contributed by atoms with van der Waals surface area (Å²) in [6, 6.07) is 7.86. The summed E-state index contributed by atoms with van der Waals surface area (Å²) in [7, 11) is 3.55. The van der Waals surface area contributed by atoms with E-state index in [0.29, 0.717) is 12.4 Å². The van der Waals surface area contributed by atoms with Crippen molar-refractivity contribution in [3.8, 4) is 11.5 Å². The Labute approximate surface area is 127 Å². The summed E-state index contributed by atoms with van der Waals surface area (Å²) in [6.45, 7) is 1.25. The number of ether oxygens (including phenoxy) is 2. The largest absolute Gasteiger partial charge is 0.493 e. The molecule has 20 heavy (non-hydrogen) atoms. The molecule has 0 unspecified atom stereocenters. The van der Waals surface area contributed by atoms with E-state index >= 15 is 0 Å². The predicted octanol–water partition coefficient (Wildman–Crippen LogP) is 3.15. The van der Waals surface area contributed by atoms with Gasteiger partial charge in [0, 0.05) is 18.9 Å². The fraction of sp³-hybridized carbons (Fsp3) is 0.267. The quantitative estimate of drug-likeness (QED) is 0.879. The maximum Gasteiger partial charge on any atom is 0.175 e. The van der Waals surface area contributed by atoms with Crippen molar-refractivity contribution in [1.29, 1.82) is 0 Å². The van der Waals surface area contributed by atoms with Crippen molar-refractivity contribution in [2.24, 2.45) is 0 Å². The molecule has 0 saturated heterocycles. The standard InChI is InChI=1S/C15H17BrN2O2/c1-17-9-12-7-13(16)15(14(8-12)19-2)20-10-11-3-5-18-6-4-11/h3-8,17H,9-10H2,1-2H3. The molecule has 4 nitrogen and oxygen atoms in total. The third-order valence-corrected chi connectivity index (χ3v) is 3.39. The fourth-order valence-corrected chi connectivity index (χ4v) is 2.46. The van der Waals surface area contributed by atoms with Crippen LogP contribution in [0.15, 0.2) is 41.1 Å². The number of hydrogen-bond donors (Lipinski definition) is 1. The Balaban J connectivity index is 2.18. The van der Waals surface area contributed by atoms with Gasteiger partial charge in [0.15, 0.2) is 11.5 Å². The average molecular weight is 337 g/mol. The van der Waals surface area contributed by atoms with Crippen LogP contribution < -0.4 is 14.8 Å². The number of rotatable bonds is 6. The van der Waals surface area contributed by atoms with Gasteiger partial charge < -0.3 is 14.8 Å². The van der Waals surface area contributed by atoms with Crippen LogP contribution in [0.5, 0.6) is 11.5 Å². The summed E-state index contributed by atoms with van der Waals surface area (Å²) in [5, 5.41) is 3.12. The van der Waals surface area contributed by atoms with Crippen LogP contribution in [0.1, 0.15) is 11.1 Å². The molecule has 0 aliphatic carbocycles. The number of pyridine rings is 1. The normalized spacial score (nSPS) is 10.3. The number of halogens is 1. The van der Waals surface area contributed by atoms with Crippen molar-refractivity contribution < 1.29 is 9.47 Å². The lowest BCUT2D eigenvalue weighted by Crippen LogP contribution is -2.06. The van der Waals surface area contributed by atoms with Gasteiger partial charge in [0.2, 0.25) is 0 Å². The number of nitrogens with zero attached hydrogens (tertiary/aromatic N) is 1. The Bertz CT molecular complexity index is 561. The first kappa shape index (κ1) is 14.8. The minimum atomic E-state index is 0.475. The molecule has 2 aromatic rings. The second kappa shape index (κ2) is 7.26. The van der Waals surface area contributed by atoms with Crippen molar-refractivity contribution in [3.05, 3.63) is 52.3 Å². The first-order valence-corrected chi connectivity index (χ1v) is 7.06. The maximum absolute atomic E-state index is 5.86. The Morgan fingerprint density at radius 2 is 1.95 bits per heavy atom. The van der Waals surface area contributed by atoms with Crippen LogP contribution in [0.4, 0.5) is 0 Å². The van der Waals surface area contributed by atoms with Gasteiger partial charge in [0.05, 0.1) is 11.6 Å². The number of hydrogen-bond acceptors (Lipinski definition) is 4. The summed E-state index contributed by atoms with van der Waals surface area (Å²) < 4.78 is 12.1. The molecule has 106 valence electrons. The van der Waals surface area contributed by atoms with Gasteiger partial charge in [0.1, 0.15) is 6.61 Å². The van der Waals surface area contributed by atoms with Crippen molar-refractivity contribution in [2.75, 3.05) is 14.2 Å². The zero-order valence-electron chi connectivity index (χ0n) is 11.5. The van der Waals surface area contributed by atoms with Gasteiger partial charge >= 0.3 is 0 Å². The van der Waals surface area contributed by atoms with E-state index in [-0.39, 0.29) is 0 Å². The third kappa shape index (κ3) is 3.71. The van der Waals surface area contributed by atoms with Crippen molar-refractivity contribution in [2.45, 2.75) is 13.2 Å². The second-order valence-corrected chi connectivity index (χ2v) is 5.14. The highest BCUT2D eigenvalue weighted by Gasteiger charge is 2.11. The van der Waals surface area contributed by atoms with Gasteiger partial charge in [-0.3, -0.25) is 4.98 Å². The summed E-state index contributed by atoms with van der Waals surface area (Å²) in [5.74, 6) is 1.43. The Morgan fingerprint density at radius 3 is 2.60 bits per heavy atom. The molecule has 0 fully saturated rings. The van der Waals surface area contributed by atoms with Crippen molar-refractivity contribution in [3.63, 3.8) is 0 Å². The van der Waals surface area contributed by atoms with Crippen LogP contribution in [-0.4, -0.2) is 19.1 Å². The highest BCUT2D eigenvalue weighted by atomic mass is 79.9. The molecule has 0 spiro atoms. The van der Waals surface area contributed by atoms with Gasteiger partial charge in [-0.15, -0.1) is 0 Å². The lowest BCUT2D eigenvalue weighted by Gasteiger charge is -2.14. The van der Waals surface area contributed by atoms with E-state index in [1.54, 1.807) is 19.5 Å². The molecule has 2 rings (SSSR count). The number of benzene rings is 1. The Kier molecular flexibility index (Phi) is 5.38. The van der Waals surface area contributed by atoms with Gasteiger partial charge in [-0.2, -0.15) is 0 Å². The van der Waals surface area contributed by atoms with Crippen LogP contribution in [0.2, 0.25) is 0 Å². The Morgan fingerprint density at radius 1 is 1.20 bits per heavy atom. The molecule has 1 aromatic heterocycles. The lowest BCUT2D eigenvalue weighted by atomic mass is 10.2. The van der Waals surface area contributed by atoms with Crippen LogP contribution >= 0.6 is 15.9 Å². The van der Waals surface area contributed by atoms with Crippen LogP contribution in [0.3, 0.4) is 0 Å². The van der Waals surface area contributed by atoms with E-state index in [1.807, 2.05) is 31.3 Å². The van der Waals surface area contributed by atoms with E-state index in [9.17, 15) is 0 Å². The zero-order valence-corrected chi connectivity index (χ0v) is 13.1. The molecule has 0 amide bonds. The molecule has 1 N–H and O–H groups in total. The van der Waals surface area contributed by atoms with Crippen molar-refractivity contribution in [1.82, 2.24) is 10.3 Å². The van der Waals surface area contributed by atoms with E-state index in [4.69, 9.17) is 9.47 Å². The van der Waals surface area contributed by atoms with Crippen molar-refractivity contribution >= 4 is 15.9 Å². The van der Waals surface area contributed by atoms with E-state index < -0.39 is 0 Å². The monoisotopic (exact) mass is 336 g/mol. The second-order valence-electron chi connectivity index (χ2n) is 4.28. The predicted molar refractivity (Wildman–Crippen MR) is 82.0 cm³/mol. The average Bonchev–Trinajstić information content (AvgIpc) is 2.47. The van der Waals surface area contributed by atoms with E-state index in [0.717, 1.165) is 27.9 Å². The van der Waals surface area contributed by atoms with E-state index in [1.165, 1.54) is 0 Å². The molecular formula is C15H17BrN2O2. The molecule has 0 saturated carbocycles. The molecule has 1 heterocycles. The summed E-state index contributed by atoms with van der Waals surface area (Å²) in [5.41, 5.74) is 2.20. The van der Waals surface area contributed by atoms with E-state index in [2.05, 4.69) is 26.2 Å². The van der Waals surface area contributed by atoms with Crippen LogP contribution in [0.25, 0.3) is 0 Å².